The fourth-order valence-electron chi connectivity index (χ4n) is 1.75. The van der Waals surface area contributed by atoms with Gasteiger partial charge in [-0.15, -0.1) is 11.8 Å². The van der Waals surface area contributed by atoms with E-state index in [0.717, 1.165) is 0 Å². The molecule has 2 aromatic carbocycles. The van der Waals surface area contributed by atoms with Crippen LogP contribution < -0.4 is 16.2 Å². The molecule has 0 unspecified atom stereocenters. The number of carbonyl (C=O) groups excluding carboxylic acids is 1. The van der Waals surface area contributed by atoms with Crippen molar-refractivity contribution in [3.63, 3.8) is 0 Å². The number of hydrogen-bond acceptors (Lipinski definition) is 3. The lowest BCUT2D eigenvalue weighted by molar-refractivity contribution is -0.119. The van der Waals surface area contributed by atoms with Gasteiger partial charge in [0.05, 0.1) is 11.4 Å². The number of hydrogen-bond donors (Lipinski definition) is 3. The Balaban J connectivity index is 1.68. The van der Waals surface area contributed by atoms with Gasteiger partial charge in [0.25, 0.3) is 0 Å². The van der Waals surface area contributed by atoms with Crippen LogP contribution in [0, 0.1) is 11.6 Å². The molecular weight excluding hydrogens is 352 g/mol. The van der Waals surface area contributed by atoms with Gasteiger partial charge in [-0.25, -0.2) is 8.78 Å². The van der Waals surface area contributed by atoms with Crippen molar-refractivity contribution in [1.29, 1.82) is 0 Å². The quantitative estimate of drug-likeness (QED) is 0.560. The van der Waals surface area contributed by atoms with Gasteiger partial charge in [-0.05, 0) is 36.0 Å². The van der Waals surface area contributed by atoms with Gasteiger partial charge in [0.15, 0.2) is 5.11 Å². The molecule has 3 N–H and O–H groups in total. The molecule has 4 nitrogen and oxygen atoms in total. The van der Waals surface area contributed by atoms with E-state index in [9.17, 15) is 13.6 Å². The summed E-state index contributed by atoms with van der Waals surface area (Å²) in [5.74, 6) is -0.553. The first kappa shape index (κ1) is 18.2. The average molecular weight is 367 g/mol. The number of para-hydroxylation sites is 1. The molecule has 0 radical (unpaired) electrons. The Bertz CT molecular complexity index is 728. The molecular formula is C16H15F2N3OS2. The molecule has 8 heteroatoms. The monoisotopic (exact) mass is 367 g/mol. The Morgan fingerprint density at radius 1 is 1.00 bits per heavy atom. The van der Waals surface area contributed by atoms with Gasteiger partial charge < -0.3 is 5.32 Å². The van der Waals surface area contributed by atoms with Crippen molar-refractivity contribution in [3.8, 4) is 0 Å². The molecule has 0 saturated carbocycles. The van der Waals surface area contributed by atoms with E-state index >= 15 is 0 Å². The van der Waals surface area contributed by atoms with Gasteiger partial charge in [0, 0.05) is 5.75 Å². The number of carbonyl (C=O) groups is 1. The third-order valence-corrected chi connectivity index (χ3v) is 4.07. The molecule has 0 aliphatic rings. The highest BCUT2D eigenvalue weighted by Gasteiger charge is 2.06. The standard InChI is InChI=1S/C16H15F2N3OS2/c17-12-6-2-1-5-11(12)9-24-10-15(22)20-21-16(23)19-14-8-4-3-7-13(14)18/h1-8H,9-10H2,(H,20,22)(H2,19,21,23). The molecule has 0 heterocycles. The van der Waals surface area contributed by atoms with Crippen LogP contribution >= 0.6 is 24.0 Å². The van der Waals surface area contributed by atoms with Gasteiger partial charge in [-0.3, -0.25) is 15.6 Å². The SMILES string of the molecule is O=C(CSCc1ccccc1F)NNC(=S)Nc1ccccc1F. The van der Waals surface area contributed by atoms with Crippen LogP contribution in [0.15, 0.2) is 48.5 Å². The maximum Gasteiger partial charge on any atom is 0.248 e. The van der Waals surface area contributed by atoms with E-state index in [2.05, 4.69) is 16.2 Å². The zero-order valence-corrected chi connectivity index (χ0v) is 14.1. The molecule has 2 rings (SSSR count). The van der Waals surface area contributed by atoms with E-state index in [1.165, 1.54) is 30.0 Å². The number of thioether (sulfide) groups is 1. The third kappa shape index (κ3) is 5.78. The smallest absolute Gasteiger partial charge is 0.248 e. The highest BCUT2D eigenvalue weighted by atomic mass is 32.2. The van der Waals surface area contributed by atoms with Crippen LogP contribution in [-0.4, -0.2) is 16.8 Å². The Kier molecular flexibility index (Phi) is 6.95. The van der Waals surface area contributed by atoms with Crippen molar-refractivity contribution in [2.24, 2.45) is 0 Å². The van der Waals surface area contributed by atoms with Crippen LogP contribution in [-0.2, 0) is 10.5 Å². The third-order valence-electron chi connectivity index (χ3n) is 2.89. The van der Waals surface area contributed by atoms with E-state index < -0.39 is 5.82 Å². The van der Waals surface area contributed by atoms with Crippen LogP contribution in [0.4, 0.5) is 14.5 Å². The predicted molar refractivity (Wildman–Crippen MR) is 96.5 cm³/mol. The lowest BCUT2D eigenvalue weighted by Crippen LogP contribution is -2.44. The number of benzene rings is 2. The van der Waals surface area contributed by atoms with Crippen LogP contribution in [0.5, 0.6) is 0 Å². The highest BCUT2D eigenvalue weighted by molar-refractivity contribution is 7.99. The summed E-state index contributed by atoms with van der Waals surface area (Å²) in [5, 5.41) is 2.69. The molecule has 0 aliphatic carbocycles. The molecule has 0 bridgehead atoms. The van der Waals surface area contributed by atoms with E-state index in [4.69, 9.17) is 12.2 Å². The largest absolute Gasteiger partial charge is 0.329 e. The zero-order chi connectivity index (χ0) is 17.4. The van der Waals surface area contributed by atoms with Crippen molar-refractivity contribution in [3.05, 3.63) is 65.7 Å². The normalized spacial score (nSPS) is 10.1. The first-order valence-corrected chi connectivity index (χ1v) is 8.54. The minimum atomic E-state index is -0.451. The number of hydrazine groups is 1. The molecule has 0 saturated heterocycles. The number of thiocarbonyl (C=S) groups is 1. The molecule has 0 aromatic heterocycles. The summed E-state index contributed by atoms with van der Waals surface area (Å²) in [7, 11) is 0. The van der Waals surface area contributed by atoms with Crippen molar-refractivity contribution in [2.45, 2.75) is 5.75 Å². The molecule has 24 heavy (non-hydrogen) atoms. The van der Waals surface area contributed by atoms with Crippen LogP contribution in [0.25, 0.3) is 0 Å². The highest BCUT2D eigenvalue weighted by Crippen LogP contribution is 2.15. The van der Waals surface area contributed by atoms with Crippen LogP contribution in [0.1, 0.15) is 5.56 Å². The van der Waals surface area contributed by atoms with E-state index in [1.54, 1.807) is 30.3 Å². The van der Waals surface area contributed by atoms with Crippen molar-refractivity contribution < 1.29 is 13.6 Å². The van der Waals surface area contributed by atoms with Crippen molar-refractivity contribution >= 4 is 40.7 Å². The van der Waals surface area contributed by atoms with Crippen molar-refractivity contribution in [2.75, 3.05) is 11.1 Å². The van der Waals surface area contributed by atoms with E-state index in [1.807, 2.05) is 0 Å². The molecule has 1 amide bonds. The number of rotatable bonds is 5. The number of amides is 1. The fourth-order valence-corrected chi connectivity index (χ4v) is 2.72. The molecule has 0 aliphatic heterocycles. The summed E-state index contributed by atoms with van der Waals surface area (Å²) < 4.78 is 26.9. The summed E-state index contributed by atoms with van der Waals surface area (Å²) in [6.45, 7) is 0. The second-order valence-corrected chi connectivity index (χ2v) is 6.09. The van der Waals surface area contributed by atoms with Crippen LogP contribution in [0.3, 0.4) is 0 Å². The summed E-state index contributed by atoms with van der Waals surface area (Å²) in [5.41, 5.74) is 5.63. The minimum absolute atomic E-state index is 0.0625. The zero-order valence-electron chi connectivity index (χ0n) is 12.5. The number of halogens is 2. The fraction of sp³-hybridized carbons (Fsp3) is 0.125. The van der Waals surface area contributed by atoms with Gasteiger partial charge >= 0.3 is 0 Å². The number of anilines is 1. The van der Waals surface area contributed by atoms with Crippen LogP contribution in [0.2, 0.25) is 0 Å². The van der Waals surface area contributed by atoms with E-state index in [-0.39, 0.29) is 28.3 Å². The summed E-state index contributed by atoms with van der Waals surface area (Å²) in [4.78, 5) is 11.7. The van der Waals surface area contributed by atoms with Gasteiger partial charge in [-0.1, -0.05) is 30.3 Å². The van der Waals surface area contributed by atoms with Gasteiger partial charge in [-0.2, -0.15) is 0 Å². The van der Waals surface area contributed by atoms with E-state index in [0.29, 0.717) is 11.3 Å². The predicted octanol–water partition coefficient (Wildman–Crippen LogP) is 3.22. The topological polar surface area (TPSA) is 53.2 Å². The molecule has 126 valence electrons. The molecule has 0 atom stereocenters. The maximum absolute atomic E-state index is 13.4. The molecule has 0 fully saturated rings. The Labute approximate surface area is 148 Å². The van der Waals surface area contributed by atoms with Crippen molar-refractivity contribution in [1.82, 2.24) is 10.9 Å². The minimum Gasteiger partial charge on any atom is -0.329 e. The summed E-state index contributed by atoms with van der Waals surface area (Å²) >= 11 is 6.23. The van der Waals surface area contributed by atoms with Gasteiger partial charge in [0.2, 0.25) is 5.91 Å². The molecule has 2 aromatic rings. The Hall–Kier alpha value is -2.19. The first-order valence-electron chi connectivity index (χ1n) is 6.98. The Morgan fingerprint density at radius 2 is 1.67 bits per heavy atom. The summed E-state index contributed by atoms with van der Waals surface area (Å²) in [6.07, 6.45) is 0. The second-order valence-electron chi connectivity index (χ2n) is 4.69. The average Bonchev–Trinajstić information content (AvgIpc) is 2.57. The summed E-state index contributed by atoms with van der Waals surface area (Å²) in [6, 6.07) is 12.4. The number of nitrogens with one attached hydrogen (secondary N) is 3. The lowest BCUT2D eigenvalue weighted by atomic mass is 10.2. The maximum atomic E-state index is 13.4. The van der Waals surface area contributed by atoms with Gasteiger partial charge in [0.1, 0.15) is 11.6 Å². The lowest BCUT2D eigenvalue weighted by Gasteiger charge is -2.12. The first-order chi connectivity index (χ1) is 11.6. The second kappa shape index (κ2) is 9.19. The molecule has 0 spiro atoms. The Morgan fingerprint density at radius 3 is 2.38 bits per heavy atom.